The molecule has 0 aliphatic carbocycles. The molecule has 0 saturated carbocycles. The Morgan fingerprint density at radius 2 is 1.10 bits per heavy atom. The quantitative estimate of drug-likeness (QED) is 0.364. The molecule has 0 amide bonds. The number of rotatable bonds is 14. The highest BCUT2D eigenvalue weighted by Gasteiger charge is 2.17. The van der Waals surface area contributed by atoms with Gasteiger partial charge in [-0.2, -0.15) is 0 Å². The molecule has 0 N–H and O–H groups in total. The van der Waals surface area contributed by atoms with Gasteiger partial charge >= 0.3 is 0 Å². The summed E-state index contributed by atoms with van der Waals surface area (Å²) in [5, 5.41) is 0. The van der Waals surface area contributed by atoms with Crippen LogP contribution >= 0.6 is 0 Å². The summed E-state index contributed by atoms with van der Waals surface area (Å²) in [7, 11) is 0. The first-order chi connectivity index (χ1) is 9.83. The number of ether oxygens (including phenoxy) is 2. The summed E-state index contributed by atoms with van der Waals surface area (Å²) in [5.74, 6) is 0. The van der Waals surface area contributed by atoms with Crippen LogP contribution in [0.2, 0.25) is 0 Å². The van der Waals surface area contributed by atoms with Crippen molar-refractivity contribution in [3.63, 3.8) is 0 Å². The fourth-order valence-electron chi connectivity index (χ4n) is 1.82. The molecule has 0 unspecified atom stereocenters. The Bertz CT molecular complexity index is 257. The molecular weight excluding hydrogens is 268 g/mol. The normalized spacial score (nSPS) is 12.4. The van der Waals surface area contributed by atoms with Crippen molar-refractivity contribution in [2.24, 2.45) is 10.8 Å². The molecule has 124 valence electrons. The molecule has 21 heavy (non-hydrogen) atoms. The van der Waals surface area contributed by atoms with E-state index in [9.17, 15) is 9.59 Å². The van der Waals surface area contributed by atoms with Gasteiger partial charge in [-0.25, -0.2) is 0 Å². The Morgan fingerprint density at radius 1 is 0.714 bits per heavy atom. The van der Waals surface area contributed by atoms with Crippen molar-refractivity contribution < 1.29 is 19.1 Å². The number of carbonyl (C=O) groups is 2. The average molecular weight is 300 g/mol. The summed E-state index contributed by atoms with van der Waals surface area (Å²) in [6.45, 7) is 11.1. The molecule has 0 aromatic rings. The van der Waals surface area contributed by atoms with E-state index in [4.69, 9.17) is 9.47 Å². The van der Waals surface area contributed by atoms with E-state index in [0.717, 1.165) is 31.8 Å². The van der Waals surface area contributed by atoms with Crippen LogP contribution in [0.4, 0.5) is 0 Å². The van der Waals surface area contributed by atoms with Crippen LogP contribution in [-0.2, 0) is 19.1 Å². The van der Waals surface area contributed by atoms with Crippen LogP contribution < -0.4 is 0 Å². The maximum absolute atomic E-state index is 10.5. The maximum Gasteiger partial charge on any atom is 0.120 e. The van der Waals surface area contributed by atoms with Crippen molar-refractivity contribution in [2.75, 3.05) is 26.4 Å². The second-order valence-corrected chi connectivity index (χ2v) is 7.15. The predicted octanol–water partition coefficient (Wildman–Crippen LogP) is 3.42. The van der Waals surface area contributed by atoms with E-state index in [1.165, 1.54) is 0 Å². The van der Waals surface area contributed by atoms with E-state index in [-0.39, 0.29) is 10.8 Å². The smallest absolute Gasteiger partial charge is 0.120 e. The minimum atomic E-state index is 0.0302. The van der Waals surface area contributed by atoms with Crippen molar-refractivity contribution in [1.82, 2.24) is 0 Å². The van der Waals surface area contributed by atoms with E-state index in [0.29, 0.717) is 39.3 Å². The van der Waals surface area contributed by atoms with Gasteiger partial charge in [-0.15, -0.1) is 0 Å². The molecule has 0 spiro atoms. The van der Waals surface area contributed by atoms with Crippen LogP contribution in [0, 0.1) is 10.8 Å². The highest BCUT2D eigenvalue weighted by molar-refractivity contribution is 5.50. The molecule has 0 atom stereocenters. The second-order valence-electron chi connectivity index (χ2n) is 7.15. The van der Waals surface area contributed by atoms with Crippen LogP contribution in [0.3, 0.4) is 0 Å². The van der Waals surface area contributed by atoms with Crippen molar-refractivity contribution in [1.29, 1.82) is 0 Å². The molecule has 0 saturated heterocycles. The molecule has 0 aromatic carbocycles. The summed E-state index contributed by atoms with van der Waals surface area (Å²) < 4.78 is 11.1. The number of hydrogen-bond acceptors (Lipinski definition) is 4. The summed E-state index contributed by atoms with van der Waals surface area (Å²) in [6, 6.07) is 0. The zero-order valence-corrected chi connectivity index (χ0v) is 14.2. The van der Waals surface area contributed by atoms with Crippen LogP contribution in [0.15, 0.2) is 0 Å². The Morgan fingerprint density at radius 3 is 1.43 bits per heavy atom. The lowest BCUT2D eigenvalue weighted by Gasteiger charge is -2.21. The Labute approximate surface area is 129 Å². The molecule has 0 rings (SSSR count). The third kappa shape index (κ3) is 12.7. The van der Waals surface area contributed by atoms with E-state index >= 15 is 0 Å². The van der Waals surface area contributed by atoms with Gasteiger partial charge in [0.15, 0.2) is 0 Å². The third-order valence-electron chi connectivity index (χ3n) is 3.70. The van der Waals surface area contributed by atoms with Gasteiger partial charge in [0, 0.05) is 39.3 Å². The molecule has 4 heteroatoms. The van der Waals surface area contributed by atoms with Gasteiger partial charge in [-0.05, 0) is 30.1 Å². The largest absolute Gasteiger partial charge is 0.381 e. The molecule has 4 nitrogen and oxygen atoms in total. The fraction of sp³-hybridized carbons (Fsp3) is 0.882. The number of aldehydes is 2. The minimum Gasteiger partial charge on any atom is -0.381 e. The van der Waals surface area contributed by atoms with Crippen LogP contribution in [0.25, 0.3) is 0 Å². The summed E-state index contributed by atoms with van der Waals surface area (Å²) >= 11 is 0. The maximum atomic E-state index is 10.5. The molecule has 0 aliphatic heterocycles. The van der Waals surface area contributed by atoms with Crippen molar-refractivity contribution in [2.45, 2.75) is 59.8 Å². The highest BCUT2D eigenvalue weighted by Crippen LogP contribution is 2.24. The molecule has 0 aromatic heterocycles. The first-order valence-electron chi connectivity index (χ1n) is 7.86. The zero-order valence-electron chi connectivity index (χ0n) is 14.2. The third-order valence-corrected chi connectivity index (χ3v) is 3.70. The van der Waals surface area contributed by atoms with Gasteiger partial charge < -0.3 is 19.1 Å². The van der Waals surface area contributed by atoms with Crippen molar-refractivity contribution >= 4 is 12.6 Å². The Kier molecular flexibility index (Phi) is 10.5. The molecule has 0 fully saturated rings. The van der Waals surface area contributed by atoms with E-state index in [2.05, 4.69) is 27.7 Å². The van der Waals surface area contributed by atoms with E-state index < -0.39 is 0 Å². The lowest BCUT2D eigenvalue weighted by Crippen LogP contribution is -2.16. The average Bonchev–Trinajstić information content (AvgIpc) is 2.36. The SMILES string of the molecule is CC(C)(CC=O)CCOCCCOCCC(C)(C)CC=O. The Balaban J connectivity index is 3.41. The van der Waals surface area contributed by atoms with Gasteiger partial charge in [-0.1, -0.05) is 27.7 Å². The minimum absolute atomic E-state index is 0.0302. The van der Waals surface area contributed by atoms with E-state index in [1.807, 2.05) is 0 Å². The van der Waals surface area contributed by atoms with Gasteiger partial charge in [0.2, 0.25) is 0 Å². The standard InChI is InChI=1S/C17H32O4/c1-16(2,6-10-18)8-14-20-12-5-13-21-15-9-17(3,4)7-11-19/h10-11H,5-9,12-15H2,1-4H3. The topological polar surface area (TPSA) is 52.6 Å². The molecule has 0 heterocycles. The van der Waals surface area contributed by atoms with Crippen molar-refractivity contribution in [3.8, 4) is 0 Å². The van der Waals surface area contributed by atoms with Gasteiger partial charge in [0.1, 0.15) is 12.6 Å². The van der Waals surface area contributed by atoms with Crippen LogP contribution in [0.1, 0.15) is 59.8 Å². The lowest BCUT2D eigenvalue weighted by atomic mass is 9.87. The summed E-state index contributed by atoms with van der Waals surface area (Å²) in [6.07, 6.45) is 5.77. The second kappa shape index (κ2) is 10.9. The monoisotopic (exact) mass is 300 g/mol. The van der Waals surface area contributed by atoms with Gasteiger partial charge in [0.25, 0.3) is 0 Å². The first-order valence-corrected chi connectivity index (χ1v) is 7.86. The molecule has 0 aliphatic rings. The lowest BCUT2D eigenvalue weighted by molar-refractivity contribution is -0.110. The number of hydrogen-bond donors (Lipinski definition) is 0. The first kappa shape index (κ1) is 20.3. The molecule has 0 radical (unpaired) electrons. The summed E-state index contributed by atoms with van der Waals surface area (Å²) in [5.41, 5.74) is 0.0603. The Hall–Kier alpha value is -0.740. The molecular formula is C17H32O4. The molecule has 0 bridgehead atoms. The number of carbonyl (C=O) groups excluding carboxylic acids is 2. The van der Waals surface area contributed by atoms with Gasteiger partial charge in [-0.3, -0.25) is 0 Å². The summed E-state index contributed by atoms with van der Waals surface area (Å²) in [4.78, 5) is 21.0. The van der Waals surface area contributed by atoms with Gasteiger partial charge in [0.05, 0.1) is 0 Å². The predicted molar refractivity (Wildman–Crippen MR) is 84.4 cm³/mol. The zero-order chi connectivity index (χ0) is 16.2. The van der Waals surface area contributed by atoms with Crippen LogP contribution in [-0.4, -0.2) is 39.0 Å². The van der Waals surface area contributed by atoms with E-state index in [1.54, 1.807) is 0 Å². The van der Waals surface area contributed by atoms with Crippen molar-refractivity contribution in [3.05, 3.63) is 0 Å². The van der Waals surface area contributed by atoms with Crippen LogP contribution in [0.5, 0.6) is 0 Å². The fourth-order valence-corrected chi connectivity index (χ4v) is 1.82. The highest BCUT2D eigenvalue weighted by atomic mass is 16.5.